The van der Waals surface area contributed by atoms with E-state index in [0.717, 1.165) is 11.1 Å². The van der Waals surface area contributed by atoms with Gasteiger partial charge in [0.15, 0.2) is 12.3 Å². The average Bonchev–Trinajstić information content (AvgIpc) is 3.06. The molecular weight excluding hydrogens is 361 g/mol. The van der Waals surface area contributed by atoms with Gasteiger partial charge in [0.1, 0.15) is 11.6 Å². The molecule has 0 aliphatic rings. The standard InChI is InChI=1S/C18H15ClFN3O3/c1-10-7-14(8-11(2)16(10)19)25-9-15(24)21-18-17(22-26-23-18)12-3-5-13(20)6-4-12/h3-8H,9H2,1-2H3,(H,21,23,24). The highest BCUT2D eigenvalue weighted by atomic mass is 35.5. The molecule has 2 aromatic carbocycles. The topological polar surface area (TPSA) is 77.2 Å². The van der Waals surface area contributed by atoms with Gasteiger partial charge >= 0.3 is 0 Å². The fourth-order valence-corrected chi connectivity index (χ4v) is 2.48. The largest absolute Gasteiger partial charge is 0.484 e. The summed E-state index contributed by atoms with van der Waals surface area (Å²) in [5, 5.41) is 10.6. The molecule has 3 aromatic rings. The molecule has 1 heterocycles. The van der Waals surface area contributed by atoms with Crippen molar-refractivity contribution in [1.82, 2.24) is 10.3 Å². The zero-order valence-electron chi connectivity index (χ0n) is 14.0. The van der Waals surface area contributed by atoms with Crippen molar-refractivity contribution < 1.29 is 18.6 Å². The lowest BCUT2D eigenvalue weighted by Crippen LogP contribution is -2.20. The van der Waals surface area contributed by atoms with Crippen LogP contribution in [0.1, 0.15) is 11.1 Å². The van der Waals surface area contributed by atoms with E-state index in [0.29, 0.717) is 22.0 Å². The van der Waals surface area contributed by atoms with Gasteiger partial charge in [0.25, 0.3) is 5.91 Å². The molecule has 1 N–H and O–H groups in total. The van der Waals surface area contributed by atoms with Crippen LogP contribution in [0.3, 0.4) is 0 Å². The SMILES string of the molecule is Cc1cc(OCC(=O)Nc2nonc2-c2ccc(F)cc2)cc(C)c1Cl. The molecule has 0 radical (unpaired) electrons. The minimum Gasteiger partial charge on any atom is -0.484 e. The number of hydrogen-bond acceptors (Lipinski definition) is 5. The Bertz CT molecular complexity index is 918. The molecular formula is C18H15ClFN3O3. The van der Waals surface area contributed by atoms with Gasteiger partial charge in [0.2, 0.25) is 5.82 Å². The third-order valence-electron chi connectivity index (χ3n) is 3.64. The first-order valence-electron chi connectivity index (χ1n) is 7.72. The van der Waals surface area contributed by atoms with Gasteiger partial charge in [0, 0.05) is 10.6 Å². The Morgan fingerprint density at radius 2 is 1.85 bits per heavy atom. The minimum atomic E-state index is -0.436. The van der Waals surface area contributed by atoms with E-state index in [9.17, 15) is 9.18 Å². The Labute approximate surface area is 153 Å². The van der Waals surface area contributed by atoms with Crippen LogP contribution in [-0.4, -0.2) is 22.8 Å². The first-order valence-corrected chi connectivity index (χ1v) is 8.09. The van der Waals surface area contributed by atoms with Gasteiger partial charge in [-0.3, -0.25) is 4.79 Å². The van der Waals surface area contributed by atoms with E-state index >= 15 is 0 Å². The average molecular weight is 376 g/mol. The van der Waals surface area contributed by atoms with Crippen LogP contribution in [0.5, 0.6) is 5.75 Å². The highest BCUT2D eigenvalue weighted by Crippen LogP contribution is 2.26. The lowest BCUT2D eigenvalue weighted by Gasteiger charge is -2.09. The highest BCUT2D eigenvalue weighted by Gasteiger charge is 2.16. The van der Waals surface area contributed by atoms with Crippen LogP contribution in [0.15, 0.2) is 41.0 Å². The maximum atomic E-state index is 13.0. The van der Waals surface area contributed by atoms with Crippen molar-refractivity contribution in [3.05, 3.63) is 58.4 Å². The molecule has 0 aliphatic carbocycles. The Morgan fingerprint density at radius 3 is 2.50 bits per heavy atom. The molecule has 6 nitrogen and oxygen atoms in total. The Hall–Kier alpha value is -2.93. The third-order valence-corrected chi connectivity index (χ3v) is 4.24. The number of rotatable bonds is 5. The highest BCUT2D eigenvalue weighted by molar-refractivity contribution is 6.32. The monoisotopic (exact) mass is 375 g/mol. The molecule has 0 saturated carbocycles. The molecule has 1 amide bonds. The van der Waals surface area contributed by atoms with Crippen LogP contribution in [0.25, 0.3) is 11.3 Å². The Kier molecular flexibility index (Phi) is 5.18. The van der Waals surface area contributed by atoms with Crippen molar-refractivity contribution in [3.63, 3.8) is 0 Å². The van der Waals surface area contributed by atoms with Crippen molar-refractivity contribution in [3.8, 4) is 17.0 Å². The summed E-state index contributed by atoms with van der Waals surface area (Å²) in [4.78, 5) is 12.1. The van der Waals surface area contributed by atoms with E-state index in [1.165, 1.54) is 24.3 Å². The molecule has 3 rings (SSSR count). The fraction of sp³-hybridized carbons (Fsp3) is 0.167. The van der Waals surface area contributed by atoms with Crippen LogP contribution in [0.4, 0.5) is 10.2 Å². The first-order chi connectivity index (χ1) is 12.4. The van der Waals surface area contributed by atoms with E-state index < -0.39 is 5.91 Å². The number of benzene rings is 2. The second-order valence-electron chi connectivity index (χ2n) is 5.68. The number of hydrogen-bond donors (Lipinski definition) is 1. The van der Waals surface area contributed by atoms with Crippen molar-refractivity contribution >= 4 is 23.3 Å². The quantitative estimate of drug-likeness (QED) is 0.724. The number of ether oxygens (including phenoxy) is 1. The van der Waals surface area contributed by atoms with Crippen LogP contribution in [-0.2, 0) is 4.79 Å². The Balaban J connectivity index is 1.66. The number of anilines is 1. The molecule has 1 aromatic heterocycles. The molecule has 8 heteroatoms. The number of aryl methyl sites for hydroxylation is 2. The zero-order chi connectivity index (χ0) is 18.7. The molecule has 0 atom stereocenters. The summed E-state index contributed by atoms with van der Waals surface area (Å²) in [6.07, 6.45) is 0. The Morgan fingerprint density at radius 1 is 1.19 bits per heavy atom. The molecule has 0 bridgehead atoms. The number of amides is 1. The second-order valence-corrected chi connectivity index (χ2v) is 6.05. The number of carbonyl (C=O) groups excluding carboxylic acids is 1. The fourth-order valence-electron chi connectivity index (χ4n) is 2.37. The predicted molar refractivity (Wildman–Crippen MR) is 94.7 cm³/mol. The van der Waals surface area contributed by atoms with Crippen LogP contribution >= 0.6 is 11.6 Å². The van der Waals surface area contributed by atoms with Gasteiger partial charge in [-0.2, -0.15) is 0 Å². The van der Waals surface area contributed by atoms with Gasteiger partial charge in [-0.1, -0.05) is 11.6 Å². The minimum absolute atomic E-state index is 0.133. The molecule has 0 fully saturated rings. The second kappa shape index (κ2) is 7.53. The van der Waals surface area contributed by atoms with Gasteiger partial charge < -0.3 is 10.1 Å². The van der Waals surface area contributed by atoms with E-state index in [-0.39, 0.29) is 18.2 Å². The van der Waals surface area contributed by atoms with E-state index in [1.54, 1.807) is 12.1 Å². The molecule has 26 heavy (non-hydrogen) atoms. The van der Waals surface area contributed by atoms with Crippen molar-refractivity contribution in [2.75, 3.05) is 11.9 Å². The number of aromatic nitrogens is 2. The number of nitrogens with one attached hydrogen (secondary N) is 1. The molecule has 0 spiro atoms. The van der Waals surface area contributed by atoms with Crippen LogP contribution in [0.2, 0.25) is 5.02 Å². The summed E-state index contributed by atoms with van der Waals surface area (Å²) in [5.74, 6) is -0.141. The smallest absolute Gasteiger partial charge is 0.263 e. The molecule has 0 saturated heterocycles. The molecule has 0 aliphatic heterocycles. The van der Waals surface area contributed by atoms with Crippen molar-refractivity contribution in [2.45, 2.75) is 13.8 Å². The summed E-state index contributed by atoms with van der Waals surface area (Å²) in [5.41, 5.74) is 2.59. The molecule has 0 unspecified atom stereocenters. The summed E-state index contributed by atoms with van der Waals surface area (Å²) in [6, 6.07) is 9.10. The summed E-state index contributed by atoms with van der Waals surface area (Å²) >= 11 is 6.11. The zero-order valence-corrected chi connectivity index (χ0v) is 14.8. The van der Waals surface area contributed by atoms with Crippen LogP contribution in [0, 0.1) is 19.7 Å². The number of nitrogens with zero attached hydrogens (tertiary/aromatic N) is 2. The van der Waals surface area contributed by atoms with Crippen molar-refractivity contribution in [2.24, 2.45) is 0 Å². The molecule has 134 valence electrons. The van der Waals surface area contributed by atoms with Gasteiger partial charge in [-0.05, 0) is 71.7 Å². The van der Waals surface area contributed by atoms with E-state index in [2.05, 4.69) is 20.3 Å². The van der Waals surface area contributed by atoms with E-state index in [4.69, 9.17) is 16.3 Å². The summed E-state index contributed by atoms with van der Waals surface area (Å²) in [6.45, 7) is 3.49. The van der Waals surface area contributed by atoms with Gasteiger partial charge in [0.05, 0.1) is 0 Å². The first kappa shape index (κ1) is 17.9. The van der Waals surface area contributed by atoms with Gasteiger partial charge in [-0.25, -0.2) is 9.02 Å². The third kappa shape index (κ3) is 4.00. The number of carbonyl (C=O) groups is 1. The normalized spacial score (nSPS) is 10.6. The van der Waals surface area contributed by atoms with Crippen LogP contribution < -0.4 is 10.1 Å². The lowest BCUT2D eigenvalue weighted by molar-refractivity contribution is -0.118. The van der Waals surface area contributed by atoms with Gasteiger partial charge in [-0.15, -0.1) is 0 Å². The summed E-state index contributed by atoms with van der Waals surface area (Å²) in [7, 11) is 0. The maximum Gasteiger partial charge on any atom is 0.263 e. The summed E-state index contributed by atoms with van der Waals surface area (Å²) < 4.78 is 23.2. The predicted octanol–water partition coefficient (Wildman–Crippen LogP) is 4.16. The lowest BCUT2D eigenvalue weighted by atomic mass is 10.1. The number of halogens is 2. The van der Waals surface area contributed by atoms with E-state index in [1.807, 2.05) is 13.8 Å². The maximum absolute atomic E-state index is 13.0. The van der Waals surface area contributed by atoms with Crippen molar-refractivity contribution in [1.29, 1.82) is 0 Å².